The molecule has 1 aromatic heterocycles. The third-order valence-corrected chi connectivity index (χ3v) is 11.5. The van der Waals surface area contributed by atoms with Crippen LogP contribution in [0.25, 0.3) is 21.9 Å². The number of allylic oxidation sites excluding steroid dienone is 2. The summed E-state index contributed by atoms with van der Waals surface area (Å²) in [6, 6.07) is 10.2. The Balaban J connectivity index is 1.41. The number of rotatable bonds is 8. The van der Waals surface area contributed by atoms with Crippen molar-refractivity contribution in [2.75, 3.05) is 5.32 Å². The molecule has 0 radical (unpaired) electrons. The first kappa shape index (κ1) is 32.0. The second-order valence-corrected chi connectivity index (χ2v) is 16.0. The smallest absolute Gasteiger partial charge is 0.275 e. The van der Waals surface area contributed by atoms with E-state index in [1.54, 1.807) is 0 Å². The van der Waals surface area contributed by atoms with Gasteiger partial charge in [0.2, 0.25) is 5.78 Å². The van der Waals surface area contributed by atoms with Crippen LogP contribution in [0.5, 0.6) is 0 Å². The molecular formula is C40H52N4O3. The van der Waals surface area contributed by atoms with Gasteiger partial charge in [0.1, 0.15) is 11.4 Å². The van der Waals surface area contributed by atoms with Crippen molar-refractivity contribution in [3.63, 3.8) is 0 Å². The van der Waals surface area contributed by atoms with E-state index in [1.807, 2.05) is 22.9 Å². The number of ketones is 1. The van der Waals surface area contributed by atoms with Crippen LogP contribution in [0.15, 0.2) is 45.9 Å². The lowest BCUT2D eigenvalue weighted by molar-refractivity contribution is -0.109. The third kappa shape index (κ3) is 5.47. The predicted molar refractivity (Wildman–Crippen MR) is 190 cm³/mol. The normalized spacial score (nSPS) is 24.0. The number of aromatic nitrogens is 2. The van der Waals surface area contributed by atoms with Gasteiger partial charge in [-0.1, -0.05) is 96.9 Å². The fraction of sp³-hybridized carbons (Fsp3) is 0.575. The van der Waals surface area contributed by atoms with Crippen LogP contribution < -0.4 is 21.5 Å². The molecular weight excluding hydrogens is 584 g/mol. The maximum Gasteiger partial charge on any atom is 0.275 e. The second-order valence-electron chi connectivity index (χ2n) is 16.0. The monoisotopic (exact) mass is 636 g/mol. The summed E-state index contributed by atoms with van der Waals surface area (Å²) in [5.41, 5.74) is 1.37. The number of aliphatic hydroxyl groups is 1. The SMILES string of the molecule is CCCCCC1(C)N=c2/c(=C3/C(=O)C(c4c(C(C)(C)C)[nH]n(C(C5CCCCC5)C5CCCC5)c4=O)=C3O)ccc3cccc(c23)N1. The number of Topliss-reactive ketones (excluding diaryl/α,β-unsaturated/α-hetero) is 1. The molecule has 250 valence electrons. The van der Waals surface area contributed by atoms with Gasteiger partial charge in [0.05, 0.1) is 33.8 Å². The van der Waals surface area contributed by atoms with Crippen LogP contribution >= 0.6 is 0 Å². The van der Waals surface area contributed by atoms with Crippen LogP contribution in [0.2, 0.25) is 0 Å². The number of anilines is 1. The molecule has 2 saturated carbocycles. The Hall–Kier alpha value is -3.61. The number of nitrogens with zero attached hydrogens (tertiary/aromatic N) is 2. The van der Waals surface area contributed by atoms with E-state index in [4.69, 9.17) is 4.99 Å². The standard InChI is InChI=1S/C40H52N4O3/c1-6-7-13-23-40(5)41-28-20-14-19-24-21-22-27(33(42-40)29(24)28)30-35(45)31(36(30)46)32-37(39(2,3)4)43-44(38(32)47)34(26-17-11-12-18-26)25-15-9-8-10-16-25/h14,19-22,25-26,34,41,43,45H,6-13,15-18,23H2,1-5H3/b30-27+. The zero-order valence-electron chi connectivity index (χ0n) is 29.0. The molecule has 0 amide bonds. The number of carbonyl (C=O) groups excluding carboxylic acids is 1. The fourth-order valence-electron chi connectivity index (χ4n) is 9.09. The average molecular weight is 637 g/mol. The Bertz CT molecular complexity index is 1930. The highest BCUT2D eigenvalue weighted by molar-refractivity contribution is 6.51. The number of benzene rings is 2. The van der Waals surface area contributed by atoms with E-state index in [1.165, 1.54) is 32.1 Å². The highest BCUT2D eigenvalue weighted by atomic mass is 16.3. The molecule has 7 rings (SSSR count). The highest BCUT2D eigenvalue weighted by Crippen LogP contribution is 2.45. The molecule has 7 heteroatoms. The summed E-state index contributed by atoms with van der Waals surface area (Å²) in [6.07, 6.45) is 14.8. The van der Waals surface area contributed by atoms with Crippen molar-refractivity contribution >= 4 is 33.4 Å². The number of unbranched alkanes of at least 4 members (excludes halogenated alkanes) is 2. The molecule has 3 aromatic rings. The molecule has 3 N–H and O–H groups in total. The van der Waals surface area contributed by atoms with Crippen LogP contribution in [0, 0.1) is 11.8 Å². The summed E-state index contributed by atoms with van der Waals surface area (Å²) in [6.45, 7) is 10.5. The summed E-state index contributed by atoms with van der Waals surface area (Å²) in [4.78, 5) is 34.2. The Morgan fingerprint density at radius 2 is 1.64 bits per heavy atom. The summed E-state index contributed by atoms with van der Waals surface area (Å²) < 4.78 is 1.89. The van der Waals surface area contributed by atoms with Crippen molar-refractivity contribution in [1.82, 2.24) is 9.78 Å². The van der Waals surface area contributed by atoms with Crippen LogP contribution in [0.1, 0.15) is 135 Å². The Labute approximate surface area is 278 Å². The molecule has 0 bridgehead atoms. The van der Waals surface area contributed by atoms with Crippen molar-refractivity contribution in [3.8, 4) is 0 Å². The van der Waals surface area contributed by atoms with E-state index in [0.29, 0.717) is 22.6 Å². The van der Waals surface area contributed by atoms with E-state index in [0.717, 1.165) is 78.9 Å². The number of nitrogens with one attached hydrogen (secondary N) is 2. The van der Waals surface area contributed by atoms with Gasteiger partial charge in [-0.05, 0) is 68.7 Å². The molecule has 7 nitrogen and oxygen atoms in total. The molecule has 3 aliphatic carbocycles. The topological polar surface area (TPSA) is 99.5 Å². The average Bonchev–Trinajstić information content (AvgIpc) is 3.68. The lowest BCUT2D eigenvalue weighted by Crippen LogP contribution is -2.44. The summed E-state index contributed by atoms with van der Waals surface area (Å²) in [5, 5.41) is 22.5. The van der Waals surface area contributed by atoms with Crippen LogP contribution in [-0.4, -0.2) is 26.3 Å². The molecule has 0 saturated heterocycles. The van der Waals surface area contributed by atoms with Gasteiger partial charge in [0, 0.05) is 21.7 Å². The Morgan fingerprint density at radius 1 is 0.957 bits per heavy atom. The molecule has 1 aliphatic heterocycles. The van der Waals surface area contributed by atoms with E-state index in [9.17, 15) is 14.7 Å². The van der Waals surface area contributed by atoms with Gasteiger partial charge in [-0.25, -0.2) is 4.68 Å². The Morgan fingerprint density at radius 3 is 2.28 bits per heavy atom. The maximum absolute atomic E-state index is 14.6. The van der Waals surface area contributed by atoms with Gasteiger partial charge in [-0.3, -0.25) is 19.7 Å². The van der Waals surface area contributed by atoms with Gasteiger partial charge in [0.25, 0.3) is 5.56 Å². The first-order valence-corrected chi connectivity index (χ1v) is 18.3. The summed E-state index contributed by atoms with van der Waals surface area (Å²) >= 11 is 0. The number of hydrogen-bond donors (Lipinski definition) is 3. The van der Waals surface area contributed by atoms with Crippen molar-refractivity contribution in [2.24, 2.45) is 16.8 Å². The first-order valence-electron chi connectivity index (χ1n) is 18.3. The fourth-order valence-corrected chi connectivity index (χ4v) is 9.09. The molecule has 4 aliphatic rings. The van der Waals surface area contributed by atoms with Gasteiger partial charge in [-0.15, -0.1) is 0 Å². The second kappa shape index (κ2) is 12.1. The molecule has 0 spiro atoms. The van der Waals surface area contributed by atoms with Gasteiger partial charge in [-0.2, -0.15) is 0 Å². The largest absolute Gasteiger partial charge is 0.506 e. The van der Waals surface area contributed by atoms with Gasteiger partial charge in [0.15, 0.2) is 0 Å². The lowest BCUT2D eigenvalue weighted by atomic mass is 9.77. The molecule has 47 heavy (non-hydrogen) atoms. The zero-order chi connectivity index (χ0) is 33.1. The van der Waals surface area contributed by atoms with Gasteiger partial charge >= 0.3 is 0 Å². The van der Waals surface area contributed by atoms with Crippen molar-refractivity contribution in [2.45, 2.75) is 135 Å². The molecule has 2 atom stereocenters. The molecule has 2 aromatic carbocycles. The quantitative estimate of drug-likeness (QED) is 0.218. The predicted octanol–water partition coefficient (Wildman–Crippen LogP) is 7.98. The van der Waals surface area contributed by atoms with E-state index >= 15 is 0 Å². The summed E-state index contributed by atoms with van der Waals surface area (Å²) in [7, 11) is 0. The number of carbonyl (C=O) groups is 1. The van der Waals surface area contributed by atoms with Crippen LogP contribution in [-0.2, 0) is 10.2 Å². The highest BCUT2D eigenvalue weighted by Gasteiger charge is 2.44. The Kier molecular flexibility index (Phi) is 8.25. The molecule has 2 heterocycles. The summed E-state index contributed by atoms with van der Waals surface area (Å²) in [5.74, 6) is 0.542. The van der Waals surface area contributed by atoms with Crippen molar-refractivity contribution < 1.29 is 9.90 Å². The first-order chi connectivity index (χ1) is 22.5. The minimum Gasteiger partial charge on any atom is -0.506 e. The minimum absolute atomic E-state index is 0.0895. The number of H-pyrrole nitrogens is 1. The van der Waals surface area contributed by atoms with E-state index in [-0.39, 0.29) is 34.3 Å². The number of aromatic amines is 1. The van der Waals surface area contributed by atoms with Crippen LogP contribution in [0.4, 0.5) is 5.69 Å². The minimum atomic E-state index is -0.524. The zero-order valence-corrected chi connectivity index (χ0v) is 29.0. The number of aliphatic hydroxyl groups excluding tert-OH is 1. The van der Waals surface area contributed by atoms with E-state index < -0.39 is 11.1 Å². The number of hydrogen-bond acceptors (Lipinski definition) is 5. The van der Waals surface area contributed by atoms with Crippen molar-refractivity contribution in [1.29, 1.82) is 0 Å². The van der Waals surface area contributed by atoms with Gasteiger partial charge < -0.3 is 10.4 Å². The van der Waals surface area contributed by atoms with Crippen LogP contribution in [0.3, 0.4) is 0 Å². The third-order valence-electron chi connectivity index (χ3n) is 11.5. The molecule has 2 unspecified atom stereocenters. The molecule has 2 fully saturated rings. The van der Waals surface area contributed by atoms with Crippen molar-refractivity contribution in [3.05, 3.63) is 68.3 Å². The maximum atomic E-state index is 14.6. The lowest BCUT2D eigenvalue weighted by Gasteiger charge is -2.34. The van der Waals surface area contributed by atoms with E-state index in [2.05, 4.69) is 57.2 Å².